The van der Waals surface area contributed by atoms with E-state index in [1.165, 1.54) is 12.1 Å². The third-order valence-electron chi connectivity index (χ3n) is 3.46. The Bertz CT molecular complexity index is 937. The molecule has 0 spiro atoms. The Hall–Kier alpha value is -2.39. The number of anilines is 1. The summed E-state index contributed by atoms with van der Waals surface area (Å²) in [5, 5.41) is 8.29. The van der Waals surface area contributed by atoms with E-state index >= 15 is 0 Å². The van der Waals surface area contributed by atoms with E-state index < -0.39 is 10.0 Å². The highest BCUT2D eigenvalue weighted by Gasteiger charge is 2.09. The van der Waals surface area contributed by atoms with Gasteiger partial charge >= 0.3 is 0 Å². The van der Waals surface area contributed by atoms with Crippen LogP contribution < -0.4 is 16.0 Å². The van der Waals surface area contributed by atoms with Gasteiger partial charge in [0.05, 0.1) is 4.90 Å². The van der Waals surface area contributed by atoms with Crippen LogP contribution in [-0.4, -0.2) is 30.1 Å². The van der Waals surface area contributed by atoms with Crippen molar-refractivity contribution in [3.63, 3.8) is 0 Å². The van der Waals surface area contributed by atoms with Gasteiger partial charge in [-0.1, -0.05) is 19.0 Å². The molecule has 1 radical (unpaired) electrons. The van der Waals surface area contributed by atoms with Crippen LogP contribution in [0.25, 0.3) is 5.65 Å². The van der Waals surface area contributed by atoms with Gasteiger partial charge in [-0.3, -0.25) is 0 Å². The van der Waals surface area contributed by atoms with Crippen molar-refractivity contribution in [1.29, 1.82) is 0 Å². The number of nitrogens with one attached hydrogen (secondary N) is 1. The van der Waals surface area contributed by atoms with E-state index in [2.05, 4.69) is 15.3 Å². The maximum Gasteiger partial charge on any atom is 0.238 e. The van der Waals surface area contributed by atoms with Gasteiger partial charge < -0.3 is 9.72 Å². The van der Waals surface area contributed by atoms with Crippen LogP contribution in [0.3, 0.4) is 0 Å². The Balaban J connectivity index is 1.80. The molecule has 0 unspecified atom stereocenters. The fourth-order valence-electron chi connectivity index (χ4n) is 2.26. The average Bonchev–Trinajstić information content (AvgIpc) is 2.96. The molecule has 2 aromatic heterocycles. The zero-order valence-electron chi connectivity index (χ0n) is 12.5. The molecule has 0 aliphatic carbocycles. The fourth-order valence-corrected chi connectivity index (χ4v) is 2.77. The summed E-state index contributed by atoms with van der Waals surface area (Å²) >= 11 is 0. The molecule has 0 amide bonds. The van der Waals surface area contributed by atoms with Crippen molar-refractivity contribution in [3.8, 4) is 0 Å². The van der Waals surface area contributed by atoms with Gasteiger partial charge in [-0.25, -0.2) is 23.5 Å². The van der Waals surface area contributed by atoms with E-state index in [0.29, 0.717) is 12.4 Å². The Morgan fingerprint density at radius 1 is 1.26 bits per heavy atom. The minimum Gasteiger partial charge on any atom is -0.363 e. The van der Waals surface area contributed by atoms with Crippen molar-refractivity contribution in [1.82, 2.24) is 14.4 Å². The number of primary sulfonamides is 1. The first-order chi connectivity index (χ1) is 11.0. The molecule has 0 saturated heterocycles. The summed E-state index contributed by atoms with van der Waals surface area (Å²) in [7, 11) is -1.70. The largest absolute Gasteiger partial charge is 0.363 e. The minimum atomic E-state index is -3.67. The number of imidazole rings is 1. The summed E-state index contributed by atoms with van der Waals surface area (Å²) in [6.07, 6.45) is 5.33. The van der Waals surface area contributed by atoms with E-state index in [0.717, 1.165) is 16.8 Å². The van der Waals surface area contributed by atoms with Gasteiger partial charge in [0.15, 0.2) is 18.7 Å². The molecule has 2 heterocycles. The lowest BCUT2D eigenvalue weighted by atomic mass is 9.78. The van der Waals surface area contributed by atoms with E-state index in [9.17, 15) is 8.42 Å². The van der Waals surface area contributed by atoms with Crippen LogP contribution >= 0.6 is 0 Å². The summed E-state index contributed by atoms with van der Waals surface area (Å²) in [6.45, 7) is 2.44. The molecule has 0 atom stereocenters. The van der Waals surface area contributed by atoms with Gasteiger partial charge in [0.2, 0.25) is 10.0 Å². The molecule has 3 rings (SSSR count). The second kappa shape index (κ2) is 6.02. The van der Waals surface area contributed by atoms with Crippen LogP contribution in [0.1, 0.15) is 5.56 Å². The molecule has 3 aromatic rings. The number of benzene rings is 1. The van der Waals surface area contributed by atoms with Crippen molar-refractivity contribution >= 4 is 34.4 Å². The first-order valence-electron chi connectivity index (χ1n) is 6.96. The zero-order chi connectivity index (χ0) is 16.4. The lowest BCUT2D eigenvalue weighted by Gasteiger charge is -2.08. The maximum atomic E-state index is 11.2. The van der Waals surface area contributed by atoms with Crippen LogP contribution in [0, 0.1) is 0 Å². The monoisotopic (exact) mass is 328 g/mol. The molecule has 0 fully saturated rings. The summed E-state index contributed by atoms with van der Waals surface area (Å²) in [6, 6.07) is 6.40. The second-order valence-corrected chi connectivity index (χ2v) is 6.55. The Labute approximate surface area is 134 Å². The molecule has 0 aliphatic rings. The standard InChI is InChI=1S/C14H15BN5O2S/c1-15-12-9-19-14-13(17-6-7-20(12)14)18-8-10-2-4-11(5-3-10)23(16,21)22/h2-7,9H,8H2,1H3,(H,17,18)(H2,16,21,22). The number of nitrogens with two attached hydrogens (primary N) is 1. The highest BCUT2D eigenvalue weighted by atomic mass is 32.2. The van der Waals surface area contributed by atoms with Crippen LogP contribution in [-0.2, 0) is 16.6 Å². The first kappa shape index (κ1) is 15.5. The van der Waals surface area contributed by atoms with Gasteiger partial charge in [-0.05, 0) is 23.3 Å². The number of sulfonamides is 1. The molecular weight excluding hydrogens is 313 g/mol. The molecule has 0 aliphatic heterocycles. The molecule has 3 N–H and O–H groups in total. The first-order valence-corrected chi connectivity index (χ1v) is 8.51. The number of aromatic nitrogens is 3. The third-order valence-corrected chi connectivity index (χ3v) is 4.39. The van der Waals surface area contributed by atoms with Gasteiger partial charge in [-0.15, -0.1) is 0 Å². The van der Waals surface area contributed by atoms with E-state index in [1.54, 1.807) is 24.5 Å². The van der Waals surface area contributed by atoms with E-state index in [-0.39, 0.29) is 4.90 Å². The molecule has 117 valence electrons. The normalized spacial score (nSPS) is 11.6. The van der Waals surface area contributed by atoms with E-state index in [1.807, 2.05) is 24.7 Å². The molecule has 0 bridgehead atoms. The van der Waals surface area contributed by atoms with Crippen LogP contribution in [0.4, 0.5) is 5.82 Å². The number of hydrogen-bond donors (Lipinski definition) is 2. The quantitative estimate of drug-likeness (QED) is 0.659. The molecule has 23 heavy (non-hydrogen) atoms. The van der Waals surface area contributed by atoms with Crippen molar-refractivity contribution in [3.05, 3.63) is 48.4 Å². The fraction of sp³-hybridized carbons (Fsp3) is 0.143. The topological polar surface area (TPSA) is 102 Å². The lowest BCUT2D eigenvalue weighted by Crippen LogP contribution is -2.16. The molecule has 7 nitrogen and oxygen atoms in total. The summed E-state index contributed by atoms with van der Waals surface area (Å²) in [4.78, 5) is 8.76. The second-order valence-electron chi connectivity index (χ2n) is 4.98. The third kappa shape index (κ3) is 3.20. The number of rotatable bonds is 5. The lowest BCUT2D eigenvalue weighted by molar-refractivity contribution is 0.598. The van der Waals surface area contributed by atoms with Crippen molar-refractivity contribution in [2.75, 3.05) is 5.32 Å². The van der Waals surface area contributed by atoms with Gasteiger partial charge in [0, 0.05) is 25.1 Å². The summed E-state index contributed by atoms with van der Waals surface area (Å²) in [5.41, 5.74) is 2.64. The summed E-state index contributed by atoms with van der Waals surface area (Å²) in [5.74, 6) is 0.663. The Kier molecular flexibility index (Phi) is 4.06. The molecule has 1 aromatic carbocycles. The highest BCUT2D eigenvalue weighted by Crippen LogP contribution is 2.13. The SMILES string of the molecule is C[B]c1cnc2c(NCc3ccc(S(N)(=O)=O)cc3)nccn12. The number of fused-ring (bicyclic) bond motifs is 1. The molecular formula is C14H15BN5O2S. The maximum absolute atomic E-state index is 11.2. The molecule has 9 heteroatoms. The van der Waals surface area contributed by atoms with Crippen LogP contribution in [0.15, 0.2) is 47.8 Å². The van der Waals surface area contributed by atoms with Crippen molar-refractivity contribution < 1.29 is 8.42 Å². The Morgan fingerprint density at radius 3 is 2.65 bits per heavy atom. The van der Waals surface area contributed by atoms with E-state index in [4.69, 9.17) is 5.14 Å². The zero-order valence-corrected chi connectivity index (χ0v) is 13.3. The highest BCUT2D eigenvalue weighted by molar-refractivity contribution is 7.89. The molecule has 0 saturated carbocycles. The minimum absolute atomic E-state index is 0.0952. The van der Waals surface area contributed by atoms with Crippen LogP contribution in [0.2, 0.25) is 6.82 Å². The summed E-state index contributed by atoms with van der Waals surface area (Å²) < 4.78 is 24.4. The van der Waals surface area contributed by atoms with Gasteiger partial charge in [-0.2, -0.15) is 0 Å². The van der Waals surface area contributed by atoms with Crippen molar-refractivity contribution in [2.45, 2.75) is 18.3 Å². The smallest absolute Gasteiger partial charge is 0.238 e. The predicted molar refractivity (Wildman–Crippen MR) is 89.4 cm³/mol. The predicted octanol–water partition coefficient (Wildman–Crippen LogP) is 0.366. The Morgan fingerprint density at radius 2 is 2.00 bits per heavy atom. The number of nitrogens with zero attached hydrogens (tertiary/aromatic N) is 3. The van der Waals surface area contributed by atoms with Crippen molar-refractivity contribution in [2.24, 2.45) is 5.14 Å². The number of hydrogen-bond acceptors (Lipinski definition) is 5. The van der Waals surface area contributed by atoms with Gasteiger partial charge in [0.1, 0.15) is 0 Å². The van der Waals surface area contributed by atoms with Crippen LogP contribution in [0.5, 0.6) is 0 Å². The average molecular weight is 328 g/mol. The van der Waals surface area contributed by atoms with Gasteiger partial charge in [0.25, 0.3) is 0 Å².